The van der Waals surface area contributed by atoms with Crippen molar-refractivity contribution in [1.82, 2.24) is 5.32 Å². The van der Waals surface area contributed by atoms with Gasteiger partial charge in [0.1, 0.15) is 6.54 Å². The number of aliphatic hydroxyl groups excluding tert-OH is 1. The molecule has 0 aliphatic heterocycles. The molecule has 2 atom stereocenters. The Morgan fingerprint density at radius 3 is 2.59 bits per heavy atom. The molecule has 1 aliphatic rings. The number of hydrogen-bond acceptors (Lipinski definition) is 3. The number of aryl methyl sites for hydroxylation is 1. The minimum Gasteiger partial charge on any atom is -0.392 e. The third kappa shape index (κ3) is 4.57. The van der Waals surface area contributed by atoms with Gasteiger partial charge >= 0.3 is 0 Å². The van der Waals surface area contributed by atoms with Crippen LogP contribution in [-0.2, 0) is 17.8 Å². The van der Waals surface area contributed by atoms with E-state index in [2.05, 4.69) is 17.4 Å². The number of nitrogens with zero attached hydrogens (tertiary/aromatic N) is 1. The van der Waals surface area contributed by atoms with Crippen LogP contribution in [0.15, 0.2) is 24.3 Å². The molecular formula is C18H24N2O2. The van der Waals surface area contributed by atoms with Crippen LogP contribution in [0.1, 0.15) is 43.2 Å². The fourth-order valence-electron chi connectivity index (χ4n) is 3.32. The van der Waals surface area contributed by atoms with Crippen molar-refractivity contribution in [2.45, 2.75) is 45.1 Å². The van der Waals surface area contributed by atoms with E-state index in [1.165, 1.54) is 12.0 Å². The van der Waals surface area contributed by atoms with Gasteiger partial charge in [-0.3, -0.25) is 4.79 Å². The summed E-state index contributed by atoms with van der Waals surface area (Å²) in [6, 6.07) is 9.98. The molecule has 1 aliphatic carbocycles. The molecular weight excluding hydrogens is 276 g/mol. The number of amides is 1. The fraction of sp³-hybridized carbons (Fsp3) is 0.556. The number of carbonyl (C=O) groups excluding carboxylic acids is 1. The van der Waals surface area contributed by atoms with Crippen molar-refractivity contribution in [2.75, 3.05) is 6.54 Å². The van der Waals surface area contributed by atoms with Crippen molar-refractivity contribution < 1.29 is 9.90 Å². The van der Waals surface area contributed by atoms with Crippen LogP contribution in [0, 0.1) is 23.2 Å². The number of nitriles is 1. The molecule has 0 spiro atoms. The molecule has 118 valence electrons. The Kier molecular flexibility index (Phi) is 6.42. The molecule has 1 fully saturated rings. The van der Waals surface area contributed by atoms with Crippen molar-refractivity contribution in [2.24, 2.45) is 11.8 Å². The summed E-state index contributed by atoms with van der Waals surface area (Å²) in [5.74, 6) is 0.505. The molecule has 2 rings (SSSR count). The van der Waals surface area contributed by atoms with Crippen LogP contribution in [0.3, 0.4) is 0 Å². The van der Waals surface area contributed by atoms with Gasteiger partial charge in [-0.25, -0.2) is 0 Å². The number of aliphatic hydroxyl groups is 1. The van der Waals surface area contributed by atoms with E-state index in [0.717, 1.165) is 37.7 Å². The quantitative estimate of drug-likeness (QED) is 0.793. The first-order chi connectivity index (χ1) is 10.7. The predicted molar refractivity (Wildman–Crippen MR) is 84.8 cm³/mol. The normalized spacial score (nSPS) is 21.1. The van der Waals surface area contributed by atoms with E-state index in [1.807, 2.05) is 18.2 Å². The van der Waals surface area contributed by atoms with E-state index in [1.54, 1.807) is 0 Å². The number of rotatable bonds is 6. The Balaban J connectivity index is 1.90. The summed E-state index contributed by atoms with van der Waals surface area (Å²) in [6.07, 6.45) is 6.29. The van der Waals surface area contributed by atoms with E-state index in [0.29, 0.717) is 5.92 Å². The van der Waals surface area contributed by atoms with Crippen molar-refractivity contribution in [3.8, 4) is 6.07 Å². The van der Waals surface area contributed by atoms with E-state index >= 15 is 0 Å². The first kappa shape index (κ1) is 16.5. The molecule has 1 amide bonds. The molecule has 1 aromatic carbocycles. The van der Waals surface area contributed by atoms with Gasteiger partial charge in [-0.15, -0.1) is 0 Å². The minimum absolute atomic E-state index is 0.0434. The third-order valence-electron chi connectivity index (χ3n) is 4.60. The lowest BCUT2D eigenvalue weighted by Crippen LogP contribution is -2.37. The Morgan fingerprint density at radius 2 is 1.91 bits per heavy atom. The lowest BCUT2D eigenvalue weighted by Gasteiger charge is -2.30. The van der Waals surface area contributed by atoms with Crippen LogP contribution in [0.2, 0.25) is 0 Å². The first-order valence-electron chi connectivity index (χ1n) is 8.08. The van der Waals surface area contributed by atoms with Gasteiger partial charge in [-0.2, -0.15) is 5.26 Å². The lowest BCUT2D eigenvalue weighted by atomic mass is 9.76. The average Bonchev–Trinajstić information content (AvgIpc) is 2.58. The van der Waals surface area contributed by atoms with Crippen LogP contribution in [0.5, 0.6) is 0 Å². The highest BCUT2D eigenvalue weighted by Crippen LogP contribution is 2.33. The second kappa shape index (κ2) is 8.55. The standard InChI is InChI=1S/C18H24N2O2/c19-11-12-20-18(22)17-4-2-1-3-16(17)10-9-14-5-7-15(13-21)8-6-14/h5-8,16-17,21H,1-4,9-10,12-13H2,(H,20,22). The maximum absolute atomic E-state index is 12.2. The minimum atomic E-state index is 0.0434. The van der Waals surface area contributed by atoms with Crippen molar-refractivity contribution in [1.29, 1.82) is 5.26 Å². The van der Waals surface area contributed by atoms with Gasteiger partial charge in [0.05, 0.1) is 12.7 Å². The Labute approximate surface area is 132 Å². The third-order valence-corrected chi connectivity index (χ3v) is 4.60. The topological polar surface area (TPSA) is 73.1 Å². The van der Waals surface area contributed by atoms with Crippen LogP contribution in [-0.4, -0.2) is 17.6 Å². The largest absolute Gasteiger partial charge is 0.392 e. The second-order valence-electron chi connectivity index (χ2n) is 6.04. The van der Waals surface area contributed by atoms with Crippen LogP contribution in [0.4, 0.5) is 0 Å². The van der Waals surface area contributed by atoms with Gasteiger partial charge in [0, 0.05) is 5.92 Å². The maximum atomic E-state index is 12.2. The van der Waals surface area contributed by atoms with E-state index in [4.69, 9.17) is 10.4 Å². The summed E-state index contributed by atoms with van der Waals surface area (Å²) in [7, 11) is 0. The van der Waals surface area contributed by atoms with Gasteiger partial charge in [0.15, 0.2) is 0 Å². The molecule has 0 bridgehead atoms. The number of nitrogens with one attached hydrogen (secondary N) is 1. The lowest BCUT2D eigenvalue weighted by molar-refractivity contribution is -0.127. The molecule has 0 radical (unpaired) electrons. The molecule has 1 saturated carbocycles. The smallest absolute Gasteiger partial charge is 0.224 e. The van der Waals surface area contributed by atoms with E-state index in [-0.39, 0.29) is 25.0 Å². The summed E-state index contributed by atoms with van der Waals surface area (Å²) in [5, 5.41) is 20.4. The van der Waals surface area contributed by atoms with E-state index in [9.17, 15) is 4.79 Å². The maximum Gasteiger partial charge on any atom is 0.224 e. The Hall–Kier alpha value is -1.86. The summed E-state index contributed by atoms with van der Waals surface area (Å²) in [6.45, 7) is 0.175. The molecule has 0 aromatic heterocycles. The zero-order valence-electron chi connectivity index (χ0n) is 12.9. The molecule has 22 heavy (non-hydrogen) atoms. The van der Waals surface area contributed by atoms with Crippen molar-refractivity contribution in [3.63, 3.8) is 0 Å². The van der Waals surface area contributed by atoms with Gasteiger partial charge in [-0.05, 0) is 42.7 Å². The number of hydrogen-bond donors (Lipinski definition) is 2. The van der Waals surface area contributed by atoms with Gasteiger partial charge < -0.3 is 10.4 Å². The van der Waals surface area contributed by atoms with Gasteiger partial charge in [0.25, 0.3) is 0 Å². The molecule has 2 N–H and O–H groups in total. The highest BCUT2D eigenvalue weighted by Gasteiger charge is 2.30. The molecule has 4 heteroatoms. The number of carbonyl (C=O) groups is 1. The Bertz CT molecular complexity index is 519. The Morgan fingerprint density at radius 1 is 1.23 bits per heavy atom. The zero-order chi connectivity index (χ0) is 15.8. The van der Waals surface area contributed by atoms with E-state index < -0.39 is 0 Å². The molecule has 2 unspecified atom stereocenters. The highest BCUT2D eigenvalue weighted by molar-refractivity contribution is 5.79. The summed E-state index contributed by atoms with van der Waals surface area (Å²) >= 11 is 0. The second-order valence-corrected chi connectivity index (χ2v) is 6.04. The first-order valence-corrected chi connectivity index (χ1v) is 8.08. The molecule has 0 heterocycles. The summed E-state index contributed by atoms with van der Waals surface area (Å²) in [4.78, 5) is 12.2. The molecule has 0 saturated heterocycles. The van der Waals surface area contributed by atoms with Crippen LogP contribution >= 0.6 is 0 Å². The van der Waals surface area contributed by atoms with Crippen LogP contribution in [0.25, 0.3) is 0 Å². The van der Waals surface area contributed by atoms with Crippen molar-refractivity contribution in [3.05, 3.63) is 35.4 Å². The molecule has 4 nitrogen and oxygen atoms in total. The fourth-order valence-corrected chi connectivity index (χ4v) is 3.32. The van der Waals surface area contributed by atoms with Gasteiger partial charge in [0.2, 0.25) is 5.91 Å². The summed E-state index contributed by atoms with van der Waals surface area (Å²) < 4.78 is 0. The summed E-state index contributed by atoms with van der Waals surface area (Å²) in [5.41, 5.74) is 2.18. The van der Waals surface area contributed by atoms with Crippen LogP contribution < -0.4 is 5.32 Å². The average molecular weight is 300 g/mol. The predicted octanol–water partition coefficient (Wildman–Crippen LogP) is 2.56. The SMILES string of the molecule is N#CCNC(=O)C1CCCCC1CCc1ccc(CO)cc1. The van der Waals surface area contributed by atoms with Gasteiger partial charge in [-0.1, -0.05) is 37.1 Å². The zero-order valence-corrected chi connectivity index (χ0v) is 12.9. The molecule has 1 aromatic rings. The monoisotopic (exact) mass is 300 g/mol. The highest BCUT2D eigenvalue weighted by atomic mass is 16.3. The number of benzene rings is 1. The van der Waals surface area contributed by atoms with Crippen molar-refractivity contribution >= 4 is 5.91 Å².